The smallest absolute Gasteiger partial charge is 0.410 e. The summed E-state index contributed by atoms with van der Waals surface area (Å²) in [5.74, 6) is 0.306. The molecule has 0 saturated carbocycles. The van der Waals surface area contributed by atoms with Crippen molar-refractivity contribution in [3.63, 3.8) is 0 Å². The SMILES string of the molecule is Cc1cn(C[C@H]2CCCN(C(=O)[C@H]3CN(C4c5ccc(Cl)cc5CCc5cc(Br)cnc54)CCN3C(=O)OC(C)C)C2)cn1. The number of pyridine rings is 1. The lowest BCUT2D eigenvalue weighted by molar-refractivity contribution is -0.141. The molecule has 0 bridgehead atoms. The molecule has 2 aliphatic heterocycles. The summed E-state index contributed by atoms with van der Waals surface area (Å²) in [7, 11) is 0. The average molecular weight is 684 g/mol. The molecule has 9 nitrogen and oxygen atoms in total. The number of hydrogen-bond donors (Lipinski definition) is 0. The van der Waals surface area contributed by atoms with Crippen molar-refractivity contribution in [3.05, 3.63) is 80.6 Å². The van der Waals surface area contributed by atoms with Crippen LogP contribution in [0, 0.1) is 12.8 Å². The molecule has 234 valence electrons. The Labute approximate surface area is 272 Å². The van der Waals surface area contributed by atoms with E-state index < -0.39 is 12.1 Å². The van der Waals surface area contributed by atoms with Crippen LogP contribution < -0.4 is 0 Å². The molecule has 2 saturated heterocycles. The number of piperidine rings is 1. The second-order valence-corrected chi connectivity index (χ2v) is 13.9. The quantitative estimate of drug-likeness (QED) is 0.345. The van der Waals surface area contributed by atoms with Gasteiger partial charge in [-0.25, -0.2) is 9.78 Å². The number of hydrogen-bond acceptors (Lipinski definition) is 6. The first-order valence-corrected chi connectivity index (χ1v) is 16.7. The van der Waals surface area contributed by atoms with E-state index in [1.54, 1.807) is 4.90 Å². The summed E-state index contributed by atoms with van der Waals surface area (Å²) in [6.07, 6.45) is 8.73. The Balaban J connectivity index is 1.31. The number of halogens is 2. The van der Waals surface area contributed by atoms with Crippen molar-refractivity contribution < 1.29 is 14.3 Å². The van der Waals surface area contributed by atoms with Crippen molar-refractivity contribution in [2.75, 3.05) is 32.7 Å². The Hall–Kier alpha value is -2.95. The third-order valence-corrected chi connectivity index (χ3v) is 9.65. The van der Waals surface area contributed by atoms with Gasteiger partial charge in [-0.2, -0.15) is 0 Å². The van der Waals surface area contributed by atoms with Gasteiger partial charge < -0.3 is 14.2 Å². The van der Waals surface area contributed by atoms with E-state index in [1.165, 1.54) is 11.1 Å². The second kappa shape index (κ2) is 13.2. The first-order chi connectivity index (χ1) is 21.2. The van der Waals surface area contributed by atoms with Gasteiger partial charge in [-0.15, -0.1) is 0 Å². The van der Waals surface area contributed by atoms with Crippen LogP contribution in [-0.2, 0) is 28.9 Å². The van der Waals surface area contributed by atoms with Gasteiger partial charge in [0.05, 0.1) is 29.9 Å². The highest BCUT2D eigenvalue weighted by Gasteiger charge is 2.43. The molecule has 11 heteroatoms. The predicted molar refractivity (Wildman–Crippen MR) is 173 cm³/mol. The van der Waals surface area contributed by atoms with Gasteiger partial charge in [0.1, 0.15) is 6.04 Å². The van der Waals surface area contributed by atoms with Crippen LogP contribution in [0.15, 0.2) is 47.5 Å². The summed E-state index contributed by atoms with van der Waals surface area (Å²) in [5.41, 5.74) is 5.50. The first kappa shape index (κ1) is 31.0. The van der Waals surface area contributed by atoms with Crippen LogP contribution >= 0.6 is 27.5 Å². The van der Waals surface area contributed by atoms with Gasteiger partial charge in [-0.1, -0.05) is 17.7 Å². The van der Waals surface area contributed by atoms with Crippen molar-refractivity contribution in [2.45, 2.75) is 71.2 Å². The molecule has 3 aliphatic rings. The topological polar surface area (TPSA) is 83.8 Å². The van der Waals surface area contributed by atoms with Crippen LogP contribution in [0.4, 0.5) is 4.79 Å². The molecule has 4 heterocycles. The second-order valence-electron chi connectivity index (χ2n) is 12.6. The zero-order valence-corrected chi connectivity index (χ0v) is 27.9. The number of carbonyl (C=O) groups is 2. The summed E-state index contributed by atoms with van der Waals surface area (Å²) < 4.78 is 8.71. The Kier molecular flexibility index (Phi) is 9.31. The number of aryl methyl sites for hydroxylation is 3. The Morgan fingerprint density at radius 3 is 2.68 bits per heavy atom. The van der Waals surface area contributed by atoms with Gasteiger partial charge in [-0.05, 0) is 103 Å². The minimum absolute atomic E-state index is 0.0177. The predicted octanol–water partition coefficient (Wildman–Crippen LogP) is 5.66. The van der Waals surface area contributed by atoms with Crippen LogP contribution in [0.1, 0.15) is 60.8 Å². The zero-order chi connectivity index (χ0) is 31.0. The van der Waals surface area contributed by atoms with E-state index in [4.69, 9.17) is 21.3 Å². The molecule has 44 heavy (non-hydrogen) atoms. The summed E-state index contributed by atoms with van der Waals surface area (Å²) >= 11 is 10.1. The van der Waals surface area contributed by atoms with Crippen molar-refractivity contribution in [1.82, 2.24) is 29.2 Å². The van der Waals surface area contributed by atoms with Gasteiger partial charge >= 0.3 is 6.09 Å². The fourth-order valence-corrected chi connectivity index (χ4v) is 7.59. The van der Waals surface area contributed by atoms with E-state index in [1.807, 2.05) is 50.5 Å². The number of nitrogens with zero attached hydrogens (tertiary/aromatic N) is 6. The molecular weight excluding hydrogens is 644 g/mol. The van der Waals surface area contributed by atoms with Gasteiger partial charge in [0, 0.05) is 61.2 Å². The van der Waals surface area contributed by atoms with Crippen LogP contribution in [0.3, 0.4) is 0 Å². The molecule has 1 aliphatic carbocycles. The Bertz CT molecular complexity index is 1480. The van der Waals surface area contributed by atoms with E-state index in [0.29, 0.717) is 43.7 Å². The van der Waals surface area contributed by atoms with E-state index in [2.05, 4.69) is 48.6 Å². The fourth-order valence-electron chi connectivity index (χ4n) is 7.01. The Morgan fingerprint density at radius 2 is 1.91 bits per heavy atom. The average Bonchev–Trinajstić information content (AvgIpc) is 3.33. The molecule has 2 fully saturated rings. The lowest BCUT2D eigenvalue weighted by Crippen LogP contribution is -2.62. The van der Waals surface area contributed by atoms with E-state index in [-0.39, 0.29) is 18.1 Å². The highest BCUT2D eigenvalue weighted by atomic mass is 79.9. The molecule has 2 amide bonds. The Morgan fingerprint density at radius 1 is 1.09 bits per heavy atom. The molecule has 0 N–H and O–H groups in total. The minimum atomic E-state index is -0.665. The lowest BCUT2D eigenvalue weighted by atomic mass is 9.94. The highest BCUT2D eigenvalue weighted by Crippen LogP contribution is 2.39. The number of ether oxygens (including phenoxy) is 1. The lowest BCUT2D eigenvalue weighted by Gasteiger charge is -2.45. The molecular formula is C33H40BrClN6O3. The third-order valence-electron chi connectivity index (χ3n) is 8.99. The van der Waals surface area contributed by atoms with Crippen LogP contribution in [0.5, 0.6) is 0 Å². The number of fused-ring (bicyclic) bond motifs is 2. The molecule has 0 spiro atoms. The van der Waals surface area contributed by atoms with Crippen LogP contribution in [0.2, 0.25) is 5.02 Å². The highest BCUT2D eigenvalue weighted by molar-refractivity contribution is 9.10. The maximum atomic E-state index is 14.4. The fraction of sp³-hybridized carbons (Fsp3) is 0.515. The summed E-state index contributed by atoms with van der Waals surface area (Å²) in [6, 6.07) is 7.42. The summed E-state index contributed by atoms with van der Waals surface area (Å²) in [6.45, 7) is 9.19. The van der Waals surface area contributed by atoms with Crippen molar-refractivity contribution in [1.29, 1.82) is 0 Å². The standard InChI is InChI=1S/C33H40BrClN6O3/c1-21(2)44-33(43)41-12-11-39(19-29(41)32(42)40-10-4-5-23(18-40)17-38-16-22(3)37-20-38)31-28-9-8-27(35)14-24(28)6-7-25-13-26(34)15-36-30(25)31/h8-9,13-16,20-21,23,29,31H,4-7,10-12,17-19H2,1-3H3/t23-,29-,31?/m1/s1. The van der Waals surface area contributed by atoms with Crippen molar-refractivity contribution in [3.8, 4) is 0 Å². The van der Waals surface area contributed by atoms with E-state index >= 15 is 0 Å². The largest absolute Gasteiger partial charge is 0.447 e. The number of carbonyl (C=O) groups excluding carboxylic acids is 2. The first-order valence-electron chi connectivity index (χ1n) is 15.6. The van der Waals surface area contributed by atoms with E-state index in [0.717, 1.165) is 53.7 Å². The normalized spacial score (nSPS) is 22.4. The summed E-state index contributed by atoms with van der Waals surface area (Å²) in [5, 5.41) is 0.711. The number of piperazine rings is 1. The molecule has 3 aromatic rings. The molecule has 1 unspecified atom stereocenters. The van der Waals surface area contributed by atoms with E-state index in [9.17, 15) is 9.59 Å². The van der Waals surface area contributed by atoms with Crippen LogP contribution in [-0.4, -0.2) is 86.1 Å². The van der Waals surface area contributed by atoms with Crippen LogP contribution in [0.25, 0.3) is 0 Å². The number of aromatic nitrogens is 3. The van der Waals surface area contributed by atoms with Gasteiger partial charge in [-0.3, -0.25) is 19.6 Å². The molecule has 3 atom stereocenters. The number of imidazole rings is 1. The number of amides is 2. The monoisotopic (exact) mass is 682 g/mol. The van der Waals surface area contributed by atoms with Crippen molar-refractivity contribution in [2.24, 2.45) is 5.92 Å². The third kappa shape index (κ3) is 6.67. The maximum Gasteiger partial charge on any atom is 0.410 e. The van der Waals surface area contributed by atoms with Gasteiger partial charge in [0.2, 0.25) is 5.91 Å². The molecule has 0 radical (unpaired) electrons. The number of likely N-dealkylation sites (tertiary alicyclic amines) is 1. The molecule has 1 aromatic carbocycles. The zero-order valence-electron chi connectivity index (χ0n) is 25.6. The minimum Gasteiger partial charge on any atom is -0.447 e. The maximum absolute atomic E-state index is 14.4. The molecule has 2 aromatic heterocycles. The number of rotatable bonds is 5. The van der Waals surface area contributed by atoms with Crippen molar-refractivity contribution >= 4 is 39.5 Å². The van der Waals surface area contributed by atoms with Gasteiger partial charge in [0.25, 0.3) is 0 Å². The van der Waals surface area contributed by atoms with Gasteiger partial charge in [0.15, 0.2) is 0 Å². The summed E-state index contributed by atoms with van der Waals surface area (Å²) in [4.78, 5) is 43.1. The molecule has 6 rings (SSSR count). The number of benzene rings is 1.